The minimum Gasteiger partial charge on any atom is -0.317 e. The van der Waals surface area contributed by atoms with E-state index in [0.717, 1.165) is 48.6 Å². The number of fused-ring (bicyclic) bond motifs is 1. The second kappa shape index (κ2) is 8.51. The van der Waals surface area contributed by atoms with Gasteiger partial charge in [0.1, 0.15) is 5.82 Å². The zero-order valence-corrected chi connectivity index (χ0v) is 17.3. The number of benzene rings is 1. The summed E-state index contributed by atoms with van der Waals surface area (Å²) >= 11 is 1.45. The van der Waals surface area contributed by atoms with Gasteiger partial charge in [0.2, 0.25) is 0 Å². The molecule has 4 rings (SSSR count). The Morgan fingerprint density at radius 3 is 2.68 bits per heavy atom. The van der Waals surface area contributed by atoms with E-state index < -0.39 is 0 Å². The van der Waals surface area contributed by atoms with Crippen molar-refractivity contribution < 1.29 is 0 Å². The highest BCUT2D eigenvalue weighted by Gasteiger charge is 2.28. The zero-order chi connectivity index (χ0) is 19.5. The van der Waals surface area contributed by atoms with E-state index >= 15 is 0 Å². The first-order chi connectivity index (χ1) is 13.7. The van der Waals surface area contributed by atoms with Gasteiger partial charge in [0.15, 0.2) is 10.3 Å². The number of nitrogens with zero attached hydrogens (tertiary/aromatic N) is 4. The van der Waals surface area contributed by atoms with Crippen LogP contribution in [0.2, 0.25) is 0 Å². The predicted octanol–water partition coefficient (Wildman–Crippen LogP) is 3.04. The Bertz CT molecular complexity index is 975. The molecule has 28 heavy (non-hydrogen) atoms. The van der Waals surface area contributed by atoms with Gasteiger partial charge in [0, 0.05) is 19.1 Å². The van der Waals surface area contributed by atoms with Crippen molar-refractivity contribution in [1.29, 1.82) is 0 Å². The number of hydrogen-bond donors (Lipinski definition) is 1. The standard InChI is InChI=1S/C21H27N5OS/c1-3-17(25-11-9-16(22-2)10-12-25)19-24-20-18(23-14-28-20)21(27)26(19)13-15-7-5-4-6-8-15/h4-8,14,16-17,22H,3,9-13H2,1-2H3. The maximum atomic E-state index is 13.3. The summed E-state index contributed by atoms with van der Waals surface area (Å²) in [6.07, 6.45) is 3.17. The van der Waals surface area contributed by atoms with E-state index in [1.165, 1.54) is 11.3 Å². The second-order valence-corrected chi connectivity index (χ2v) is 8.21. The highest BCUT2D eigenvalue weighted by atomic mass is 32.1. The summed E-state index contributed by atoms with van der Waals surface area (Å²) in [5.41, 5.74) is 3.27. The highest BCUT2D eigenvalue weighted by molar-refractivity contribution is 7.16. The summed E-state index contributed by atoms with van der Waals surface area (Å²) in [7, 11) is 2.04. The van der Waals surface area contributed by atoms with Crippen LogP contribution in [0.3, 0.4) is 0 Å². The van der Waals surface area contributed by atoms with Crippen molar-refractivity contribution in [3.05, 3.63) is 57.6 Å². The molecule has 0 radical (unpaired) electrons. The molecular weight excluding hydrogens is 370 g/mol. The summed E-state index contributed by atoms with van der Waals surface area (Å²) in [6.45, 7) is 4.75. The SMILES string of the molecule is CCC(c1nc2scnc2c(=O)n1Cc1ccccc1)N1CCC(NC)CC1. The Kier molecular flexibility index (Phi) is 5.85. The first-order valence-corrected chi connectivity index (χ1v) is 10.9. The smallest absolute Gasteiger partial charge is 0.281 e. The fraction of sp³-hybridized carbons (Fsp3) is 0.476. The Morgan fingerprint density at radius 1 is 1.25 bits per heavy atom. The van der Waals surface area contributed by atoms with Crippen molar-refractivity contribution >= 4 is 21.7 Å². The molecule has 3 aromatic rings. The van der Waals surface area contributed by atoms with Crippen LogP contribution in [0.1, 0.15) is 43.6 Å². The molecule has 1 aliphatic heterocycles. The Labute approximate surface area is 169 Å². The van der Waals surface area contributed by atoms with Crippen molar-refractivity contribution in [3.8, 4) is 0 Å². The maximum absolute atomic E-state index is 13.3. The number of rotatable bonds is 6. The quantitative estimate of drug-likeness (QED) is 0.693. The van der Waals surface area contributed by atoms with Gasteiger partial charge in [0.25, 0.3) is 5.56 Å². The molecule has 1 atom stereocenters. The van der Waals surface area contributed by atoms with Crippen LogP contribution in [-0.2, 0) is 6.54 Å². The van der Waals surface area contributed by atoms with Crippen molar-refractivity contribution in [2.24, 2.45) is 0 Å². The van der Waals surface area contributed by atoms with Crippen LogP contribution >= 0.6 is 11.3 Å². The average Bonchev–Trinajstić information content (AvgIpc) is 3.21. The minimum atomic E-state index is -0.0336. The molecule has 7 heteroatoms. The van der Waals surface area contributed by atoms with Crippen molar-refractivity contribution in [2.45, 2.75) is 44.8 Å². The molecule has 148 valence electrons. The van der Waals surface area contributed by atoms with Gasteiger partial charge in [-0.15, -0.1) is 11.3 Å². The lowest BCUT2D eigenvalue weighted by atomic mass is 10.0. The van der Waals surface area contributed by atoms with Gasteiger partial charge in [-0.05, 0) is 31.9 Å². The number of aromatic nitrogens is 3. The van der Waals surface area contributed by atoms with E-state index in [-0.39, 0.29) is 11.6 Å². The molecule has 3 heterocycles. The predicted molar refractivity (Wildman–Crippen MR) is 114 cm³/mol. The van der Waals surface area contributed by atoms with E-state index in [2.05, 4.69) is 34.3 Å². The molecule has 0 aliphatic carbocycles. The Morgan fingerprint density at radius 2 is 2.00 bits per heavy atom. The van der Waals surface area contributed by atoms with E-state index in [0.29, 0.717) is 18.1 Å². The third-order valence-electron chi connectivity index (χ3n) is 5.74. The van der Waals surface area contributed by atoms with Gasteiger partial charge in [0.05, 0.1) is 18.1 Å². The molecule has 1 fully saturated rings. The molecule has 0 bridgehead atoms. The van der Waals surface area contributed by atoms with Crippen LogP contribution in [0, 0.1) is 0 Å². The van der Waals surface area contributed by atoms with Crippen molar-refractivity contribution in [2.75, 3.05) is 20.1 Å². The van der Waals surface area contributed by atoms with Gasteiger partial charge in [-0.3, -0.25) is 14.3 Å². The van der Waals surface area contributed by atoms with Crippen LogP contribution in [0.25, 0.3) is 10.3 Å². The minimum absolute atomic E-state index is 0.0336. The van der Waals surface area contributed by atoms with Gasteiger partial charge in [-0.1, -0.05) is 37.3 Å². The first kappa shape index (κ1) is 19.2. The van der Waals surface area contributed by atoms with E-state index in [9.17, 15) is 4.79 Å². The van der Waals surface area contributed by atoms with Crippen molar-refractivity contribution in [1.82, 2.24) is 24.8 Å². The fourth-order valence-electron chi connectivity index (χ4n) is 4.14. The zero-order valence-electron chi connectivity index (χ0n) is 16.5. The van der Waals surface area contributed by atoms with E-state index in [1.54, 1.807) is 5.51 Å². The molecule has 1 aromatic carbocycles. The summed E-state index contributed by atoms with van der Waals surface area (Å²) in [5, 5.41) is 3.39. The summed E-state index contributed by atoms with van der Waals surface area (Å²) < 4.78 is 1.84. The summed E-state index contributed by atoms with van der Waals surface area (Å²) in [6, 6.07) is 10.8. The maximum Gasteiger partial charge on any atom is 0.281 e. The number of thiazole rings is 1. The second-order valence-electron chi connectivity index (χ2n) is 7.38. The highest BCUT2D eigenvalue weighted by Crippen LogP contribution is 2.27. The molecule has 0 saturated carbocycles. The molecule has 1 N–H and O–H groups in total. The van der Waals surface area contributed by atoms with Crippen LogP contribution in [0.5, 0.6) is 0 Å². The lowest BCUT2D eigenvalue weighted by molar-refractivity contribution is 0.133. The van der Waals surface area contributed by atoms with Crippen LogP contribution in [-0.4, -0.2) is 45.6 Å². The molecule has 1 saturated heterocycles. The lowest BCUT2D eigenvalue weighted by Crippen LogP contribution is -2.44. The van der Waals surface area contributed by atoms with Crippen LogP contribution < -0.4 is 10.9 Å². The third kappa shape index (κ3) is 3.74. The molecule has 6 nitrogen and oxygen atoms in total. The fourth-order valence-corrected chi connectivity index (χ4v) is 4.80. The van der Waals surface area contributed by atoms with Crippen molar-refractivity contribution in [3.63, 3.8) is 0 Å². The topological polar surface area (TPSA) is 63.1 Å². The van der Waals surface area contributed by atoms with Crippen LogP contribution in [0.4, 0.5) is 0 Å². The third-order valence-corrected chi connectivity index (χ3v) is 6.45. The average molecular weight is 398 g/mol. The Hall–Kier alpha value is -2.09. The monoisotopic (exact) mass is 397 g/mol. The first-order valence-electron chi connectivity index (χ1n) is 10.0. The Balaban J connectivity index is 1.75. The molecule has 2 aromatic heterocycles. The van der Waals surface area contributed by atoms with E-state index in [1.807, 2.05) is 29.8 Å². The molecule has 1 aliphatic rings. The molecule has 0 amide bonds. The largest absolute Gasteiger partial charge is 0.317 e. The normalized spacial score (nSPS) is 17.2. The number of nitrogens with one attached hydrogen (secondary N) is 1. The lowest BCUT2D eigenvalue weighted by Gasteiger charge is -2.37. The molecular formula is C21H27N5OS. The van der Waals surface area contributed by atoms with Gasteiger partial charge < -0.3 is 5.32 Å². The number of likely N-dealkylation sites (tertiary alicyclic amines) is 1. The van der Waals surface area contributed by atoms with Gasteiger partial charge >= 0.3 is 0 Å². The number of hydrogen-bond acceptors (Lipinski definition) is 6. The summed E-state index contributed by atoms with van der Waals surface area (Å²) in [5.74, 6) is 0.871. The summed E-state index contributed by atoms with van der Waals surface area (Å²) in [4.78, 5) is 25.7. The van der Waals surface area contributed by atoms with Gasteiger partial charge in [-0.25, -0.2) is 9.97 Å². The van der Waals surface area contributed by atoms with E-state index in [4.69, 9.17) is 4.98 Å². The van der Waals surface area contributed by atoms with Crippen LogP contribution in [0.15, 0.2) is 40.6 Å². The molecule has 1 unspecified atom stereocenters. The molecule has 0 spiro atoms. The number of piperidine rings is 1. The van der Waals surface area contributed by atoms with Gasteiger partial charge in [-0.2, -0.15) is 0 Å².